The van der Waals surface area contributed by atoms with Crippen molar-refractivity contribution in [2.24, 2.45) is 5.10 Å². The summed E-state index contributed by atoms with van der Waals surface area (Å²) >= 11 is 3.37. The number of pyridine rings is 1. The quantitative estimate of drug-likeness (QED) is 0.336. The van der Waals surface area contributed by atoms with Crippen LogP contribution in [0.25, 0.3) is 5.52 Å². The molecule has 0 saturated heterocycles. The maximum atomic E-state index is 12.8. The van der Waals surface area contributed by atoms with Crippen molar-refractivity contribution in [2.45, 2.75) is 11.8 Å². The second-order valence-electron chi connectivity index (χ2n) is 5.67. The van der Waals surface area contributed by atoms with Gasteiger partial charge in [0, 0.05) is 35.4 Å². The Kier molecular flexibility index (Phi) is 4.98. The molecule has 140 valence electrons. The van der Waals surface area contributed by atoms with Gasteiger partial charge in [0.25, 0.3) is 15.7 Å². The lowest BCUT2D eigenvalue weighted by atomic mass is 10.2. The van der Waals surface area contributed by atoms with Gasteiger partial charge in [-0.1, -0.05) is 22.0 Å². The van der Waals surface area contributed by atoms with Crippen molar-refractivity contribution in [3.8, 4) is 0 Å². The Labute approximate surface area is 163 Å². The van der Waals surface area contributed by atoms with Crippen molar-refractivity contribution in [3.05, 3.63) is 68.4 Å². The van der Waals surface area contributed by atoms with Crippen LogP contribution in [0.5, 0.6) is 0 Å². The molecule has 27 heavy (non-hydrogen) atoms. The SMILES string of the molecule is Cc1ccc([N+](=O)[O-])cc1S(=O)(=O)N(C)/N=C/c1cnn2ccc(Br)cc12. The van der Waals surface area contributed by atoms with Gasteiger partial charge in [-0.3, -0.25) is 10.1 Å². The molecule has 0 fully saturated rings. The molecule has 0 N–H and O–H groups in total. The fourth-order valence-corrected chi connectivity index (χ4v) is 3.94. The number of aromatic nitrogens is 2. The van der Waals surface area contributed by atoms with Crippen molar-refractivity contribution in [3.63, 3.8) is 0 Å². The summed E-state index contributed by atoms with van der Waals surface area (Å²) in [6.45, 7) is 1.57. The maximum absolute atomic E-state index is 12.8. The Balaban J connectivity index is 1.96. The van der Waals surface area contributed by atoms with Crippen LogP contribution in [0.2, 0.25) is 0 Å². The van der Waals surface area contributed by atoms with Crippen LogP contribution >= 0.6 is 15.9 Å². The van der Waals surface area contributed by atoms with Crippen LogP contribution in [-0.2, 0) is 10.0 Å². The third-order valence-corrected chi connectivity index (χ3v) is 6.16. The highest BCUT2D eigenvalue weighted by Crippen LogP contribution is 2.24. The molecule has 2 heterocycles. The van der Waals surface area contributed by atoms with E-state index < -0.39 is 14.9 Å². The number of sulfonamides is 1. The summed E-state index contributed by atoms with van der Waals surface area (Å²) in [5.41, 5.74) is 1.45. The van der Waals surface area contributed by atoms with Crippen LogP contribution < -0.4 is 0 Å². The molecular formula is C16H14BrN5O4S. The van der Waals surface area contributed by atoms with Crippen LogP contribution in [0.4, 0.5) is 5.69 Å². The number of hydrogen-bond donors (Lipinski definition) is 0. The molecule has 0 saturated carbocycles. The van der Waals surface area contributed by atoms with E-state index in [2.05, 4.69) is 26.1 Å². The molecule has 3 aromatic rings. The van der Waals surface area contributed by atoms with Crippen molar-refractivity contribution >= 4 is 43.4 Å². The van der Waals surface area contributed by atoms with E-state index in [4.69, 9.17) is 0 Å². The monoisotopic (exact) mass is 451 g/mol. The first kappa shape index (κ1) is 19.0. The normalized spacial score (nSPS) is 12.0. The highest BCUT2D eigenvalue weighted by molar-refractivity contribution is 9.10. The molecule has 9 nitrogen and oxygen atoms in total. The van der Waals surface area contributed by atoms with E-state index in [1.807, 2.05) is 12.1 Å². The molecule has 0 amide bonds. The summed E-state index contributed by atoms with van der Waals surface area (Å²) in [5.74, 6) is 0. The fourth-order valence-electron chi connectivity index (χ4n) is 2.40. The number of nitro benzene ring substituents is 1. The minimum absolute atomic E-state index is 0.168. The molecule has 0 radical (unpaired) electrons. The lowest BCUT2D eigenvalue weighted by Gasteiger charge is -2.15. The van der Waals surface area contributed by atoms with Gasteiger partial charge in [0.1, 0.15) is 0 Å². The molecule has 0 unspecified atom stereocenters. The molecule has 1 aromatic carbocycles. The number of rotatable bonds is 5. The minimum atomic E-state index is -4.05. The van der Waals surface area contributed by atoms with E-state index in [0.29, 0.717) is 11.1 Å². The highest BCUT2D eigenvalue weighted by atomic mass is 79.9. The Morgan fingerprint density at radius 1 is 1.33 bits per heavy atom. The van der Waals surface area contributed by atoms with Gasteiger partial charge in [0.05, 0.1) is 27.7 Å². The zero-order valence-electron chi connectivity index (χ0n) is 14.3. The van der Waals surface area contributed by atoms with Gasteiger partial charge in [-0.2, -0.15) is 23.0 Å². The molecule has 0 bridgehead atoms. The highest BCUT2D eigenvalue weighted by Gasteiger charge is 2.24. The summed E-state index contributed by atoms with van der Waals surface area (Å²) < 4.78 is 28.8. The summed E-state index contributed by atoms with van der Waals surface area (Å²) in [6, 6.07) is 7.33. The predicted molar refractivity (Wildman–Crippen MR) is 103 cm³/mol. The van der Waals surface area contributed by atoms with Crippen LogP contribution in [0.15, 0.2) is 57.2 Å². The second kappa shape index (κ2) is 7.08. The largest absolute Gasteiger partial charge is 0.279 e. The molecule has 0 aliphatic rings. The Morgan fingerprint density at radius 3 is 2.78 bits per heavy atom. The first-order chi connectivity index (χ1) is 12.7. The van der Waals surface area contributed by atoms with Gasteiger partial charge in [-0.25, -0.2) is 4.52 Å². The molecular weight excluding hydrogens is 438 g/mol. The van der Waals surface area contributed by atoms with Gasteiger partial charge < -0.3 is 0 Å². The molecule has 0 aliphatic heterocycles. The lowest BCUT2D eigenvalue weighted by Crippen LogP contribution is -2.22. The molecule has 0 atom stereocenters. The number of nitrogens with zero attached hydrogens (tertiary/aromatic N) is 5. The minimum Gasteiger partial charge on any atom is -0.258 e. The van der Waals surface area contributed by atoms with Crippen molar-refractivity contribution in [2.75, 3.05) is 7.05 Å². The molecule has 3 rings (SSSR count). The molecule has 0 spiro atoms. The van der Waals surface area contributed by atoms with E-state index in [-0.39, 0.29) is 10.6 Å². The number of non-ortho nitro benzene ring substituents is 1. The number of benzene rings is 1. The molecule has 2 aromatic heterocycles. The first-order valence-electron chi connectivity index (χ1n) is 7.61. The van der Waals surface area contributed by atoms with Crippen molar-refractivity contribution in [1.82, 2.24) is 14.0 Å². The van der Waals surface area contributed by atoms with Gasteiger partial charge >= 0.3 is 0 Å². The number of hydrogen-bond acceptors (Lipinski definition) is 6. The van der Waals surface area contributed by atoms with Crippen LogP contribution in [0.1, 0.15) is 11.1 Å². The average molecular weight is 452 g/mol. The first-order valence-corrected chi connectivity index (χ1v) is 9.84. The number of hydrazone groups is 1. The van der Waals surface area contributed by atoms with Gasteiger partial charge in [-0.15, -0.1) is 0 Å². The fraction of sp³-hybridized carbons (Fsp3) is 0.125. The third-order valence-electron chi connectivity index (χ3n) is 3.88. The van der Waals surface area contributed by atoms with Crippen LogP contribution in [0, 0.1) is 17.0 Å². The van der Waals surface area contributed by atoms with Crippen molar-refractivity contribution in [1.29, 1.82) is 0 Å². The van der Waals surface area contributed by atoms with E-state index in [1.54, 1.807) is 23.8 Å². The second-order valence-corrected chi connectivity index (χ2v) is 8.50. The summed E-state index contributed by atoms with van der Waals surface area (Å²) in [6.07, 6.45) is 4.69. The van der Waals surface area contributed by atoms with Gasteiger partial charge in [0.15, 0.2) is 0 Å². The average Bonchev–Trinajstić information content (AvgIpc) is 3.01. The van der Waals surface area contributed by atoms with E-state index in [0.717, 1.165) is 20.5 Å². The Morgan fingerprint density at radius 2 is 2.07 bits per heavy atom. The van der Waals surface area contributed by atoms with E-state index in [1.165, 1.54) is 25.4 Å². The Bertz CT molecular complexity index is 1170. The molecule has 11 heteroatoms. The summed E-state index contributed by atoms with van der Waals surface area (Å²) in [4.78, 5) is 10.1. The smallest absolute Gasteiger partial charge is 0.258 e. The topological polar surface area (TPSA) is 110 Å². The number of fused-ring (bicyclic) bond motifs is 1. The molecule has 0 aliphatic carbocycles. The van der Waals surface area contributed by atoms with Crippen LogP contribution in [0.3, 0.4) is 0 Å². The van der Waals surface area contributed by atoms with E-state index in [9.17, 15) is 18.5 Å². The zero-order valence-corrected chi connectivity index (χ0v) is 16.7. The Hall–Kier alpha value is -2.79. The van der Waals surface area contributed by atoms with E-state index >= 15 is 0 Å². The number of halogens is 1. The number of aryl methyl sites for hydroxylation is 1. The lowest BCUT2D eigenvalue weighted by molar-refractivity contribution is -0.385. The maximum Gasteiger partial charge on any atom is 0.279 e. The summed E-state index contributed by atoms with van der Waals surface area (Å²) in [7, 11) is -2.78. The third kappa shape index (κ3) is 3.69. The zero-order chi connectivity index (χ0) is 19.8. The van der Waals surface area contributed by atoms with Crippen molar-refractivity contribution < 1.29 is 13.3 Å². The van der Waals surface area contributed by atoms with Gasteiger partial charge in [-0.05, 0) is 24.6 Å². The van der Waals surface area contributed by atoms with Gasteiger partial charge in [0.2, 0.25) is 0 Å². The summed E-state index contributed by atoms with van der Waals surface area (Å²) in [5, 5.41) is 19.1. The predicted octanol–water partition coefficient (Wildman–Crippen LogP) is 2.97. The standard InChI is InChI=1S/C16H14BrN5O4S/c1-11-3-4-14(22(23)24)8-16(11)27(25,26)20(2)18-9-12-10-19-21-6-5-13(17)7-15(12)21/h3-10H,1-2H3/b18-9+. The van der Waals surface area contributed by atoms with Crippen LogP contribution in [-0.4, -0.2) is 40.6 Å². The number of nitro groups is 1.